The molecule has 0 saturated carbocycles. The third kappa shape index (κ3) is 4.49. The van der Waals surface area contributed by atoms with Crippen LogP contribution in [0.15, 0.2) is 24.3 Å². The molecule has 1 rings (SSSR count). The monoisotopic (exact) mass is 285 g/mol. The van der Waals surface area contributed by atoms with E-state index in [2.05, 4.69) is 57.5 Å². The molecule has 0 aliphatic carbocycles. The van der Waals surface area contributed by atoms with Gasteiger partial charge in [0.1, 0.15) is 0 Å². The maximum absolute atomic E-state index is 5.92. The van der Waals surface area contributed by atoms with Crippen molar-refractivity contribution in [1.29, 1.82) is 0 Å². The van der Waals surface area contributed by atoms with Gasteiger partial charge in [0, 0.05) is 17.6 Å². The Bertz CT molecular complexity index is 350. The summed E-state index contributed by atoms with van der Waals surface area (Å²) < 4.78 is 0. The molecule has 0 aliphatic rings. The molecule has 0 amide bonds. The first kappa shape index (κ1) is 15.9. The van der Waals surface area contributed by atoms with Gasteiger partial charge in [-0.1, -0.05) is 37.6 Å². The molecule has 1 aromatic rings. The lowest BCUT2D eigenvalue weighted by Gasteiger charge is -2.30. The van der Waals surface area contributed by atoms with Crippen LogP contribution in [0.5, 0.6) is 0 Å². The van der Waals surface area contributed by atoms with Gasteiger partial charge in [-0.15, -0.1) is 0 Å². The summed E-state index contributed by atoms with van der Waals surface area (Å²) in [5.74, 6) is 2.24. The summed E-state index contributed by atoms with van der Waals surface area (Å²) in [6.45, 7) is 7.84. The standard InChI is InChI=1S/C15H24ClNS/c1-11(2)14(10-18)9-17(4)12(3)13-5-7-15(16)8-6-13/h5-8,11-12,14,18H,9-10H2,1-4H3. The molecular formula is C15H24ClNS. The predicted octanol–water partition coefficient (Wildman–Crippen LogP) is 4.53. The van der Waals surface area contributed by atoms with Crippen LogP contribution in [0.4, 0.5) is 0 Å². The third-order valence-electron chi connectivity index (χ3n) is 3.71. The highest BCUT2D eigenvalue weighted by molar-refractivity contribution is 7.80. The van der Waals surface area contributed by atoms with Crippen molar-refractivity contribution in [3.8, 4) is 0 Å². The van der Waals surface area contributed by atoms with Crippen molar-refractivity contribution in [2.45, 2.75) is 26.8 Å². The highest BCUT2D eigenvalue weighted by Crippen LogP contribution is 2.23. The van der Waals surface area contributed by atoms with Crippen molar-refractivity contribution in [3.63, 3.8) is 0 Å². The van der Waals surface area contributed by atoms with Crippen LogP contribution in [0.25, 0.3) is 0 Å². The molecule has 2 unspecified atom stereocenters. The van der Waals surface area contributed by atoms with Crippen molar-refractivity contribution < 1.29 is 0 Å². The molecule has 1 nitrogen and oxygen atoms in total. The van der Waals surface area contributed by atoms with E-state index in [4.69, 9.17) is 11.6 Å². The fraction of sp³-hybridized carbons (Fsp3) is 0.600. The fourth-order valence-electron chi connectivity index (χ4n) is 2.00. The summed E-state index contributed by atoms with van der Waals surface area (Å²) in [6.07, 6.45) is 0. The number of benzene rings is 1. The molecule has 1 aromatic carbocycles. The van der Waals surface area contributed by atoms with Crippen LogP contribution in [-0.2, 0) is 0 Å². The Hall–Kier alpha value is -0.180. The van der Waals surface area contributed by atoms with Gasteiger partial charge < -0.3 is 0 Å². The highest BCUT2D eigenvalue weighted by Gasteiger charge is 2.18. The SMILES string of the molecule is CC(C)C(CS)CN(C)C(C)c1ccc(Cl)cc1. The largest absolute Gasteiger partial charge is 0.299 e. The number of halogens is 1. The molecule has 18 heavy (non-hydrogen) atoms. The molecule has 0 radical (unpaired) electrons. The Labute approximate surface area is 122 Å². The van der Waals surface area contributed by atoms with Crippen LogP contribution >= 0.6 is 24.2 Å². The van der Waals surface area contributed by atoms with Gasteiger partial charge in [0.15, 0.2) is 0 Å². The maximum Gasteiger partial charge on any atom is 0.0406 e. The van der Waals surface area contributed by atoms with Crippen molar-refractivity contribution >= 4 is 24.2 Å². The molecule has 0 N–H and O–H groups in total. The topological polar surface area (TPSA) is 3.24 Å². The van der Waals surface area contributed by atoms with Gasteiger partial charge >= 0.3 is 0 Å². The van der Waals surface area contributed by atoms with E-state index in [1.807, 2.05) is 12.1 Å². The Kier molecular flexibility index (Phi) is 6.54. The van der Waals surface area contributed by atoms with Crippen molar-refractivity contribution in [2.24, 2.45) is 11.8 Å². The molecule has 2 atom stereocenters. The number of nitrogens with zero attached hydrogens (tertiary/aromatic N) is 1. The van der Waals surface area contributed by atoms with Gasteiger partial charge in [0.05, 0.1) is 0 Å². The Balaban J connectivity index is 2.65. The first-order chi connectivity index (χ1) is 8.45. The van der Waals surface area contributed by atoms with Gasteiger partial charge in [-0.05, 0) is 49.3 Å². The highest BCUT2D eigenvalue weighted by atomic mass is 35.5. The van der Waals surface area contributed by atoms with Crippen LogP contribution in [0.3, 0.4) is 0 Å². The predicted molar refractivity (Wildman–Crippen MR) is 84.7 cm³/mol. The lowest BCUT2D eigenvalue weighted by atomic mass is 9.96. The summed E-state index contributed by atoms with van der Waals surface area (Å²) in [5, 5.41) is 0.795. The second-order valence-corrected chi connectivity index (χ2v) is 6.16. The van der Waals surface area contributed by atoms with Crippen molar-refractivity contribution in [2.75, 3.05) is 19.3 Å². The molecule has 0 saturated heterocycles. The van der Waals surface area contributed by atoms with Crippen LogP contribution in [0.1, 0.15) is 32.4 Å². The van der Waals surface area contributed by atoms with E-state index in [0.717, 1.165) is 17.3 Å². The Morgan fingerprint density at radius 2 is 1.72 bits per heavy atom. The van der Waals surface area contributed by atoms with Crippen LogP contribution in [0, 0.1) is 11.8 Å². The Morgan fingerprint density at radius 3 is 2.17 bits per heavy atom. The molecule has 0 aromatic heterocycles. The van der Waals surface area contributed by atoms with Gasteiger partial charge in [-0.2, -0.15) is 12.6 Å². The molecule has 0 bridgehead atoms. The molecule has 0 heterocycles. The van der Waals surface area contributed by atoms with Crippen LogP contribution in [-0.4, -0.2) is 24.2 Å². The van der Waals surface area contributed by atoms with Crippen molar-refractivity contribution in [3.05, 3.63) is 34.9 Å². The number of rotatable bonds is 6. The van der Waals surface area contributed by atoms with Crippen LogP contribution < -0.4 is 0 Å². The fourth-order valence-corrected chi connectivity index (χ4v) is 2.67. The summed E-state index contributed by atoms with van der Waals surface area (Å²) in [4.78, 5) is 2.39. The first-order valence-corrected chi connectivity index (χ1v) is 7.53. The van der Waals surface area contributed by atoms with E-state index in [0.29, 0.717) is 17.9 Å². The minimum atomic E-state index is 0.406. The number of thiol groups is 1. The smallest absolute Gasteiger partial charge is 0.0406 e. The zero-order valence-electron chi connectivity index (χ0n) is 11.7. The molecule has 3 heteroatoms. The van der Waals surface area contributed by atoms with E-state index in [1.165, 1.54) is 5.56 Å². The lowest BCUT2D eigenvalue weighted by molar-refractivity contribution is 0.204. The van der Waals surface area contributed by atoms with Crippen LogP contribution in [0.2, 0.25) is 5.02 Å². The summed E-state index contributed by atoms with van der Waals surface area (Å²) in [7, 11) is 2.18. The Morgan fingerprint density at radius 1 is 1.17 bits per heavy atom. The molecule has 102 valence electrons. The second-order valence-electron chi connectivity index (χ2n) is 5.35. The van der Waals surface area contributed by atoms with Gasteiger partial charge in [0.25, 0.3) is 0 Å². The first-order valence-electron chi connectivity index (χ1n) is 6.52. The minimum Gasteiger partial charge on any atom is -0.299 e. The van der Waals surface area contributed by atoms with E-state index in [1.54, 1.807) is 0 Å². The van der Waals surface area contributed by atoms with Crippen molar-refractivity contribution in [1.82, 2.24) is 4.90 Å². The average Bonchev–Trinajstić information content (AvgIpc) is 2.35. The van der Waals surface area contributed by atoms with E-state index in [-0.39, 0.29) is 0 Å². The average molecular weight is 286 g/mol. The van der Waals surface area contributed by atoms with E-state index >= 15 is 0 Å². The van der Waals surface area contributed by atoms with Gasteiger partial charge in [0.2, 0.25) is 0 Å². The maximum atomic E-state index is 5.92. The van der Waals surface area contributed by atoms with Gasteiger partial charge in [-0.3, -0.25) is 4.90 Å². The van der Waals surface area contributed by atoms with Gasteiger partial charge in [-0.25, -0.2) is 0 Å². The zero-order chi connectivity index (χ0) is 13.7. The minimum absolute atomic E-state index is 0.406. The number of hydrogen-bond donors (Lipinski definition) is 1. The van der Waals surface area contributed by atoms with E-state index < -0.39 is 0 Å². The summed E-state index contributed by atoms with van der Waals surface area (Å²) in [6, 6.07) is 8.53. The molecule has 0 spiro atoms. The summed E-state index contributed by atoms with van der Waals surface area (Å²) >= 11 is 10.4. The quantitative estimate of drug-likeness (QED) is 0.751. The lowest BCUT2D eigenvalue weighted by Crippen LogP contribution is -2.31. The molecular weight excluding hydrogens is 262 g/mol. The third-order valence-corrected chi connectivity index (χ3v) is 4.43. The number of hydrogen-bond acceptors (Lipinski definition) is 2. The zero-order valence-corrected chi connectivity index (χ0v) is 13.4. The molecule has 0 aliphatic heterocycles. The second kappa shape index (κ2) is 7.42. The molecule has 0 fully saturated rings. The summed E-state index contributed by atoms with van der Waals surface area (Å²) in [5.41, 5.74) is 1.31. The van der Waals surface area contributed by atoms with E-state index in [9.17, 15) is 0 Å². The normalized spacial score (nSPS) is 15.1.